The first kappa shape index (κ1) is 13.6. The highest BCUT2D eigenvalue weighted by molar-refractivity contribution is 8.00. The van der Waals surface area contributed by atoms with Crippen LogP contribution in [0.5, 0.6) is 0 Å². The molecule has 2 aromatic rings. The van der Waals surface area contributed by atoms with Crippen LogP contribution in [0, 0.1) is 0 Å². The molecule has 0 bridgehead atoms. The van der Waals surface area contributed by atoms with Crippen molar-refractivity contribution in [2.75, 3.05) is 6.54 Å². The topological polar surface area (TPSA) is 75.0 Å². The Morgan fingerprint density at radius 1 is 1.40 bits per heavy atom. The van der Waals surface area contributed by atoms with Crippen LogP contribution in [0.15, 0.2) is 34.9 Å². The molecule has 1 fully saturated rings. The normalized spacial score (nSPS) is 20.1. The van der Waals surface area contributed by atoms with Gasteiger partial charge in [-0.05, 0) is 12.5 Å². The molecule has 1 saturated heterocycles. The van der Waals surface area contributed by atoms with Crippen LogP contribution in [0.3, 0.4) is 0 Å². The Hall–Kier alpha value is -1.41. The molecule has 0 spiro atoms. The van der Waals surface area contributed by atoms with Gasteiger partial charge < -0.3 is 4.52 Å². The van der Waals surface area contributed by atoms with Gasteiger partial charge in [0.05, 0.1) is 10.6 Å². The molecule has 1 aliphatic heterocycles. The lowest BCUT2D eigenvalue weighted by Crippen LogP contribution is -2.32. The summed E-state index contributed by atoms with van der Waals surface area (Å²) in [5, 5.41) is 4.51. The summed E-state index contributed by atoms with van der Waals surface area (Å²) in [6.45, 7) is 2.94. The van der Waals surface area contributed by atoms with Crippen molar-refractivity contribution in [1.82, 2.24) is 26.5 Å². The molecular formula is C13H17N5OS. The fraction of sp³-hybridized carbons (Fsp3) is 0.385. The fourth-order valence-electron chi connectivity index (χ4n) is 2.00. The first-order valence-electron chi connectivity index (χ1n) is 6.56. The van der Waals surface area contributed by atoms with Gasteiger partial charge in [0.2, 0.25) is 5.89 Å². The van der Waals surface area contributed by atoms with Gasteiger partial charge in [0.15, 0.2) is 5.82 Å². The second kappa shape index (κ2) is 6.36. The Morgan fingerprint density at radius 3 is 3.00 bits per heavy atom. The zero-order valence-electron chi connectivity index (χ0n) is 11.2. The number of hydrogen-bond acceptors (Lipinski definition) is 7. The van der Waals surface area contributed by atoms with E-state index in [-0.39, 0.29) is 5.25 Å². The fourth-order valence-corrected chi connectivity index (χ4v) is 3.01. The van der Waals surface area contributed by atoms with Crippen molar-refractivity contribution < 1.29 is 4.52 Å². The van der Waals surface area contributed by atoms with Gasteiger partial charge in [-0.15, -0.1) is 11.8 Å². The van der Waals surface area contributed by atoms with Crippen LogP contribution in [0.25, 0.3) is 0 Å². The number of nitrogens with zero attached hydrogens (tertiary/aromatic N) is 2. The zero-order chi connectivity index (χ0) is 13.8. The largest absolute Gasteiger partial charge is 0.338 e. The average Bonchev–Trinajstić information content (AvgIpc) is 3.11. The molecule has 6 nitrogen and oxygen atoms in total. The molecule has 3 N–H and O–H groups in total. The Labute approximate surface area is 121 Å². The Bertz CT molecular complexity index is 541. The lowest BCUT2D eigenvalue weighted by Gasteiger charge is -2.11. The Morgan fingerprint density at radius 2 is 2.25 bits per heavy atom. The molecule has 0 aliphatic carbocycles. The van der Waals surface area contributed by atoms with Gasteiger partial charge in [0.25, 0.3) is 0 Å². The summed E-state index contributed by atoms with van der Waals surface area (Å²) < 4.78 is 5.36. The maximum Gasteiger partial charge on any atom is 0.239 e. The monoisotopic (exact) mass is 291 g/mol. The van der Waals surface area contributed by atoms with E-state index < -0.39 is 0 Å². The highest BCUT2D eigenvalue weighted by atomic mass is 32.2. The Balaban J connectivity index is 1.61. The molecular weight excluding hydrogens is 274 g/mol. The van der Waals surface area contributed by atoms with Crippen LogP contribution >= 0.6 is 11.8 Å². The van der Waals surface area contributed by atoms with Crippen molar-refractivity contribution in [3.05, 3.63) is 47.6 Å². The number of nitrogens with one attached hydrogen (secondary N) is 3. The standard InChI is InChI=1S/C13H17N5OS/c1-9(20-12-8-14-18-16-12)13-15-11(17-19-13)7-10-5-3-2-4-6-10/h2-6,9,12,14,16,18H,7-8H2,1H3. The minimum Gasteiger partial charge on any atom is -0.338 e. The van der Waals surface area contributed by atoms with E-state index in [1.807, 2.05) is 18.2 Å². The third kappa shape index (κ3) is 3.37. The van der Waals surface area contributed by atoms with Crippen molar-refractivity contribution in [3.8, 4) is 0 Å². The third-order valence-corrected chi connectivity index (χ3v) is 4.24. The molecule has 1 aromatic heterocycles. The molecule has 3 rings (SSSR count). The summed E-state index contributed by atoms with van der Waals surface area (Å²) in [4.78, 5) is 4.48. The molecule has 1 aliphatic rings. The van der Waals surface area contributed by atoms with E-state index in [1.165, 1.54) is 5.56 Å². The first-order valence-corrected chi connectivity index (χ1v) is 7.51. The van der Waals surface area contributed by atoms with Gasteiger partial charge >= 0.3 is 0 Å². The summed E-state index contributed by atoms with van der Waals surface area (Å²) >= 11 is 1.75. The molecule has 0 saturated carbocycles. The van der Waals surface area contributed by atoms with Crippen LogP contribution in [-0.2, 0) is 6.42 Å². The van der Waals surface area contributed by atoms with Gasteiger partial charge in [0.1, 0.15) is 0 Å². The zero-order valence-corrected chi connectivity index (χ0v) is 12.0. The van der Waals surface area contributed by atoms with E-state index in [1.54, 1.807) is 11.8 Å². The van der Waals surface area contributed by atoms with Gasteiger partial charge in [-0.25, -0.2) is 10.9 Å². The molecule has 2 atom stereocenters. The highest BCUT2D eigenvalue weighted by Gasteiger charge is 2.22. The number of hydrogen-bond donors (Lipinski definition) is 3. The molecule has 20 heavy (non-hydrogen) atoms. The Kier molecular flexibility index (Phi) is 4.31. The van der Waals surface area contributed by atoms with E-state index >= 15 is 0 Å². The van der Waals surface area contributed by atoms with Crippen molar-refractivity contribution in [3.63, 3.8) is 0 Å². The SMILES string of the molecule is CC(SC1CNNN1)c1nc(Cc2ccccc2)no1. The van der Waals surface area contributed by atoms with Crippen LogP contribution in [-0.4, -0.2) is 22.1 Å². The van der Waals surface area contributed by atoms with Crippen LogP contribution < -0.4 is 16.4 Å². The second-order valence-corrected chi connectivity index (χ2v) is 6.18. The van der Waals surface area contributed by atoms with Gasteiger partial charge in [-0.2, -0.15) is 10.5 Å². The van der Waals surface area contributed by atoms with E-state index in [9.17, 15) is 0 Å². The van der Waals surface area contributed by atoms with E-state index in [4.69, 9.17) is 4.52 Å². The van der Waals surface area contributed by atoms with Crippen molar-refractivity contribution in [2.24, 2.45) is 0 Å². The van der Waals surface area contributed by atoms with E-state index in [2.05, 4.69) is 45.6 Å². The lowest BCUT2D eigenvalue weighted by molar-refractivity contribution is 0.375. The van der Waals surface area contributed by atoms with E-state index in [0.717, 1.165) is 12.4 Å². The lowest BCUT2D eigenvalue weighted by atomic mass is 10.1. The molecule has 7 heteroatoms. The predicted molar refractivity (Wildman–Crippen MR) is 77.6 cm³/mol. The second-order valence-electron chi connectivity index (χ2n) is 4.63. The maximum atomic E-state index is 5.36. The van der Waals surface area contributed by atoms with E-state index in [0.29, 0.717) is 17.7 Å². The summed E-state index contributed by atoms with van der Waals surface area (Å²) in [5.74, 6) is 1.41. The quantitative estimate of drug-likeness (QED) is 0.768. The van der Waals surface area contributed by atoms with Gasteiger partial charge in [0, 0.05) is 13.0 Å². The predicted octanol–water partition coefficient (Wildman–Crippen LogP) is 1.39. The minimum absolute atomic E-state index is 0.159. The summed E-state index contributed by atoms with van der Waals surface area (Å²) in [7, 11) is 0. The number of aromatic nitrogens is 2. The first-order chi connectivity index (χ1) is 9.81. The maximum absolute atomic E-state index is 5.36. The smallest absolute Gasteiger partial charge is 0.239 e. The van der Waals surface area contributed by atoms with Crippen LogP contribution in [0.4, 0.5) is 0 Å². The minimum atomic E-state index is 0.159. The molecule has 1 aromatic carbocycles. The van der Waals surface area contributed by atoms with Crippen molar-refractivity contribution in [1.29, 1.82) is 0 Å². The number of rotatable bonds is 5. The van der Waals surface area contributed by atoms with Crippen LogP contribution in [0.1, 0.15) is 29.5 Å². The molecule has 2 unspecified atom stereocenters. The number of hydrazine groups is 2. The van der Waals surface area contributed by atoms with Gasteiger partial charge in [-0.3, -0.25) is 0 Å². The van der Waals surface area contributed by atoms with Crippen LogP contribution in [0.2, 0.25) is 0 Å². The molecule has 2 heterocycles. The molecule has 106 valence electrons. The number of thioether (sulfide) groups is 1. The third-order valence-electron chi connectivity index (χ3n) is 3.01. The molecule has 0 amide bonds. The number of benzene rings is 1. The summed E-state index contributed by atoms with van der Waals surface area (Å²) in [5.41, 5.74) is 10.2. The average molecular weight is 291 g/mol. The summed E-state index contributed by atoms with van der Waals surface area (Å²) in [6, 6.07) is 10.2. The highest BCUT2D eigenvalue weighted by Crippen LogP contribution is 2.30. The van der Waals surface area contributed by atoms with Gasteiger partial charge in [-0.1, -0.05) is 35.5 Å². The summed E-state index contributed by atoms with van der Waals surface area (Å²) in [6.07, 6.45) is 0.701. The van der Waals surface area contributed by atoms with Crippen molar-refractivity contribution >= 4 is 11.8 Å². The van der Waals surface area contributed by atoms with Crippen molar-refractivity contribution in [2.45, 2.75) is 24.0 Å². The molecule has 0 radical (unpaired) electrons.